The van der Waals surface area contributed by atoms with E-state index >= 15 is 0 Å². The van der Waals surface area contributed by atoms with Crippen molar-refractivity contribution in [2.75, 3.05) is 11.9 Å². The summed E-state index contributed by atoms with van der Waals surface area (Å²) in [6, 6.07) is 23.9. The van der Waals surface area contributed by atoms with Crippen molar-refractivity contribution >= 4 is 52.0 Å². The molecule has 1 N–H and O–H groups in total. The third-order valence-electron chi connectivity index (χ3n) is 6.72. The summed E-state index contributed by atoms with van der Waals surface area (Å²) in [6.45, 7) is 5.69. The number of thiazole rings is 1. The van der Waals surface area contributed by atoms with Gasteiger partial charge in [-0.15, -0.1) is 11.3 Å². The molecule has 4 rings (SSSR count). The van der Waals surface area contributed by atoms with Crippen LogP contribution in [-0.4, -0.2) is 52.7 Å². The van der Waals surface area contributed by atoms with E-state index in [-0.39, 0.29) is 29.6 Å². The van der Waals surface area contributed by atoms with Crippen LogP contribution in [0.3, 0.4) is 0 Å². The van der Waals surface area contributed by atoms with Crippen LogP contribution in [0.4, 0.5) is 5.13 Å². The number of hydrogen-bond acceptors (Lipinski definition) is 5. The minimum absolute atomic E-state index is 0. The summed E-state index contributed by atoms with van der Waals surface area (Å²) in [4.78, 5) is 17.9. The summed E-state index contributed by atoms with van der Waals surface area (Å²) in [6.07, 6.45) is 4.89. The van der Waals surface area contributed by atoms with Crippen LogP contribution in [0, 0.1) is 0 Å². The summed E-state index contributed by atoms with van der Waals surface area (Å²) >= 11 is 1.60. The number of aromatic nitrogens is 1. The van der Waals surface area contributed by atoms with Crippen molar-refractivity contribution in [3.63, 3.8) is 0 Å². The molecule has 0 unspecified atom stereocenters. The molecular weight excluding hydrogens is 515 g/mol. The van der Waals surface area contributed by atoms with E-state index in [1.54, 1.807) is 23.5 Å². The molecule has 0 aliphatic carbocycles. The Morgan fingerprint density at radius 2 is 1.54 bits per heavy atom. The molecule has 4 aromatic rings. The van der Waals surface area contributed by atoms with Gasteiger partial charge in [0.15, 0.2) is 5.13 Å². The molecule has 1 aromatic heterocycles. The first-order valence-corrected chi connectivity index (χ1v) is 14.2. The van der Waals surface area contributed by atoms with E-state index in [1.165, 1.54) is 31.2 Å². The van der Waals surface area contributed by atoms with Crippen molar-refractivity contribution in [3.8, 4) is 17.0 Å². The number of carboxylic acid groups (broad SMARTS) is 1. The molecular formula is C32H37N2NaO3S. The van der Waals surface area contributed by atoms with Crippen LogP contribution >= 0.6 is 11.3 Å². The number of anilines is 1. The van der Waals surface area contributed by atoms with Crippen LogP contribution < -0.4 is 9.64 Å². The van der Waals surface area contributed by atoms with E-state index in [9.17, 15) is 4.79 Å². The van der Waals surface area contributed by atoms with Gasteiger partial charge in [0.1, 0.15) is 12.4 Å². The molecule has 0 amide bonds. The number of hydrogen-bond donors (Lipinski definition) is 1. The van der Waals surface area contributed by atoms with Gasteiger partial charge in [-0.3, -0.25) is 0 Å². The fourth-order valence-corrected chi connectivity index (χ4v) is 5.42. The number of rotatable bonds is 13. The minimum atomic E-state index is -0.913. The average molecular weight is 553 g/mol. The molecule has 3 aromatic carbocycles. The van der Waals surface area contributed by atoms with Crippen LogP contribution in [0.1, 0.15) is 72.5 Å². The van der Waals surface area contributed by atoms with Gasteiger partial charge in [0.2, 0.25) is 0 Å². The molecule has 200 valence electrons. The molecule has 0 spiro atoms. The van der Waals surface area contributed by atoms with Gasteiger partial charge in [0.05, 0.1) is 11.3 Å². The topological polar surface area (TPSA) is 62.7 Å². The number of aromatic carboxylic acids is 1. The van der Waals surface area contributed by atoms with Gasteiger partial charge in [0.25, 0.3) is 0 Å². The maximum absolute atomic E-state index is 11.1. The average Bonchev–Trinajstić information content (AvgIpc) is 3.43. The molecule has 0 radical (unpaired) electrons. The zero-order chi connectivity index (χ0) is 26.9. The normalized spacial score (nSPS) is 10.8. The van der Waals surface area contributed by atoms with E-state index < -0.39 is 5.97 Å². The van der Waals surface area contributed by atoms with Gasteiger partial charge in [-0.25, -0.2) is 9.78 Å². The maximum atomic E-state index is 11.1. The summed E-state index contributed by atoms with van der Waals surface area (Å²) in [7, 11) is 1.99. The Kier molecular flexibility index (Phi) is 12.1. The standard InChI is InChI=1S/C32H36N2O3S.Na.H/c1-4-6-25(7-5-2)26-16-18-29(19-17-26)37-21-24-10-12-27(13-11-24)30-22-38-32(33-30)34(3)20-23-8-14-28(15-9-23)31(35)36;;/h8-19,22,25H,4-7,20-21H2,1-3H3,(H,35,36);;. The molecule has 0 saturated carbocycles. The Morgan fingerprint density at radius 1 is 0.923 bits per heavy atom. The SMILES string of the molecule is CCCC(CCC)c1ccc(OCc2ccc(-c3csc(N(C)Cc4ccc(C(=O)O)cc4)n3)cc2)cc1.[NaH]. The second kappa shape index (κ2) is 15.2. The zero-order valence-electron chi connectivity index (χ0n) is 22.4. The number of benzene rings is 3. The number of carboxylic acids is 1. The molecule has 39 heavy (non-hydrogen) atoms. The molecule has 0 atom stereocenters. The van der Waals surface area contributed by atoms with Crippen molar-refractivity contribution < 1.29 is 14.6 Å². The molecule has 0 aliphatic rings. The second-order valence-electron chi connectivity index (χ2n) is 9.70. The van der Waals surface area contributed by atoms with Gasteiger partial charge < -0.3 is 14.7 Å². The quantitative estimate of drug-likeness (QED) is 0.172. The monoisotopic (exact) mass is 552 g/mol. The van der Waals surface area contributed by atoms with E-state index in [2.05, 4.69) is 72.7 Å². The summed E-state index contributed by atoms with van der Waals surface area (Å²) < 4.78 is 6.05. The summed E-state index contributed by atoms with van der Waals surface area (Å²) in [5.41, 5.74) is 5.87. The predicted octanol–water partition coefficient (Wildman–Crippen LogP) is 7.76. The predicted molar refractivity (Wildman–Crippen MR) is 164 cm³/mol. The van der Waals surface area contributed by atoms with E-state index in [1.807, 2.05) is 19.2 Å². The Morgan fingerprint density at radius 3 is 2.13 bits per heavy atom. The Bertz CT molecular complexity index is 1300. The first kappa shape index (κ1) is 30.9. The van der Waals surface area contributed by atoms with E-state index in [0.29, 0.717) is 24.6 Å². The van der Waals surface area contributed by atoms with Crippen LogP contribution in [-0.2, 0) is 13.2 Å². The van der Waals surface area contributed by atoms with Crippen molar-refractivity contribution in [1.29, 1.82) is 0 Å². The van der Waals surface area contributed by atoms with Crippen molar-refractivity contribution in [1.82, 2.24) is 4.98 Å². The van der Waals surface area contributed by atoms with Gasteiger partial charge in [-0.05, 0) is 59.7 Å². The fourth-order valence-electron chi connectivity index (χ4n) is 4.62. The van der Waals surface area contributed by atoms with Gasteiger partial charge in [-0.2, -0.15) is 0 Å². The van der Waals surface area contributed by atoms with Crippen molar-refractivity contribution in [2.45, 2.75) is 58.6 Å². The zero-order valence-corrected chi connectivity index (χ0v) is 23.2. The number of nitrogens with zero attached hydrogens (tertiary/aromatic N) is 2. The Hall–Kier alpha value is -2.64. The molecule has 5 nitrogen and oxygen atoms in total. The van der Waals surface area contributed by atoms with Gasteiger partial charge >= 0.3 is 35.5 Å². The van der Waals surface area contributed by atoms with Crippen molar-refractivity contribution in [2.24, 2.45) is 0 Å². The Labute approximate surface area is 258 Å². The van der Waals surface area contributed by atoms with E-state index in [4.69, 9.17) is 14.8 Å². The molecule has 0 bridgehead atoms. The second-order valence-corrected chi connectivity index (χ2v) is 10.5. The van der Waals surface area contributed by atoms with Crippen LogP contribution in [0.2, 0.25) is 0 Å². The molecule has 1 heterocycles. The first-order chi connectivity index (χ1) is 18.5. The molecule has 0 saturated heterocycles. The van der Waals surface area contributed by atoms with E-state index in [0.717, 1.165) is 33.3 Å². The third-order valence-corrected chi connectivity index (χ3v) is 7.68. The summed E-state index contributed by atoms with van der Waals surface area (Å²) in [5.74, 6) is 0.626. The van der Waals surface area contributed by atoms with Crippen LogP contribution in [0.25, 0.3) is 11.3 Å². The van der Waals surface area contributed by atoms with Gasteiger partial charge in [-0.1, -0.05) is 75.2 Å². The van der Waals surface area contributed by atoms with Crippen LogP contribution in [0.5, 0.6) is 5.75 Å². The molecule has 7 heteroatoms. The summed E-state index contributed by atoms with van der Waals surface area (Å²) in [5, 5.41) is 12.1. The van der Waals surface area contributed by atoms with Crippen LogP contribution in [0.15, 0.2) is 78.2 Å². The first-order valence-electron chi connectivity index (χ1n) is 13.3. The van der Waals surface area contributed by atoms with Crippen molar-refractivity contribution in [3.05, 3.63) is 100 Å². The fraction of sp³-hybridized carbons (Fsp3) is 0.312. The number of carbonyl (C=O) groups is 1. The van der Waals surface area contributed by atoms with Gasteiger partial charge in [0, 0.05) is 24.5 Å². The molecule has 0 fully saturated rings. The number of ether oxygens (including phenoxy) is 1. The third kappa shape index (κ3) is 8.67. The Balaban J connectivity index is 0.00000420. The molecule has 0 aliphatic heterocycles.